The summed E-state index contributed by atoms with van der Waals surface area (Å²) in [7, 11) is 0. The number of carbonyl (C=O) groups is 1. The first-order chi connectivity index (χ1) is 9.70. The Balaban J connectivity index is 1.96. The number of Topliss-reactive ketones (excluding diaryl/α,β-unsaturated/α-hetero) is 1. The zero-order valence-corrected chi connectivity index (χ0v) is 13.6. The molecule has 0 aromatic heterocycles. The predicted octanol–water partition coefficient (Wildman–Crippen LogP) is 4.51. The summed E-state index contributed by atoms with van der Waals surface area (Å²) in [6, 6.07) is 15.5. The van der Waals surface area contributed by atoms with Crippen LogP contribution in [0.25, 0.3) is 0 Å². The second kappa shape index (κ2) is 7.43. The molecule has 3 heteroatoms. The Kier molecular flexibility index (Phi) is 5.59. The second-order valence-electron chi connectivity index (χ2n) is 4.59. The number of rotatable bonds is 6. The van der Waals surface area contributed by atoms with Gasteiger partial charge in [0, 0.05) is 5.56 Å². The topological polar surface area (TPSA) is 26.3 Å². The third-order valence-corrected chi connectivity index (χ3v) is 3.90. The molecule has 0 aliphatic carbocycles. The standard InChI is InChI=1S/C17H17IO2/c1-2-5-13-8-10-14(11-9-13)16(19)12-20-17-7-4-3-6-15(17)18/h3-4,6-11H,2,5,12H2,1H3. The van der Waals surface area contributed by atoms with Crippen LogP contribution in [0.5, 0.6) is 5.75 Å². The highest BCUT2D eigenvalue weighted by atomic mass is 127. The molecule has 0 fully saturated rings. The van der Waals surface area contributed by atoms with Gasteiger partial charge in [-0.1, -0.05) is 49.7 Å². The molecule has 0 saturated heterocycles. The zero-order valence-electron chi connectivity index (χ0n) is 11.4. The molecule has 0 saturated carbocycles. The van der Waals surface area contributed by atoms with Crippen molar-refractivity contribution < 1.29 is 9.53 Å². The third kappa shape index (κ3) is 4.07. The van der Waals surface area contributed by atoms with Gasteiger partial charge in [0.05, 0.1) is 3.57 Å². The Morgan fingerprint density at radius 3 is 2.45 bits per heavy atom. The maximum Gasteiger partial charge on any atom is 0.200 e. The molecule has 20 heavy (non-hydrogen) atoms. The molecule has 0 aliphatic rings. The number of para-hydroxylation sites is 1. The summed E-state index contributed by atoms with van der Waals surface area (Å²) in [6.45, 7) is 2.22. The van der Waals surface area contributed by atoms with Crippen LogP contribution in [0.4, 0.5) is 0 Å². The van der Waals surface area contributed by atoms with Gasteiger partial charge in [-0.2, -0.15) is 0 Å². The SMILES string of the molecule is CCCc1ccc(C(=O)COc2ccccc2I)cc1. The molecule has 0 bridgehead atoms. The van der Waals surface area contributed by atoms with Gasteiger partial charge in [-0.25, -0.2) is 0 Å². The Bertz CT molecular complexity index is 576. The monoisotopic (exact) mass is 380 g/mol. The lowest BCUT2D eigenvalue weighted by atomic mass is 10.1. The number of benzene rings is 2. The Morgan fingerprint density at radius 1 is 1.10 bits per heavy atom. The zero-order chi connectivity index (χ0) is 14.4. The van der Waals surface area contributed by atoms with E-state index in [0.717, 1.165) is 22.2 Å². The molecule has 0 unspecified atom stereocenters. The molecule has 0 N–H and O–H groups in total. The molecule has 0 radical (unpaired) electrons. The van der Waals surface area contributed by atoms with Crippen molar-refractivity contribution in [3.05, 3.63) is 63.2 Å². The first-order valence-electron chi connectivity index (χ1n) is 6.70. The molecule has 0 atom stereocenters. The van der Waals surface area contributed by atoms with Crippen LogP contribution in [0, 0.1) is 3.57 Å². The fourth-order valence-electron chi connectivity index (χ4n) is 1.93. The lowest BCUT2D eigenvalue weighted by Crippen LogP contribution is -2.12. The molecule has 2 rings (SSSR count). The van der Waals surface area contributed by atoms with Gasteiger partial charge in [-0.15, -0.1) is 0 Å². The molecule has 0 amide bonds. The molecule has 104 valence electrons. The molecule has 0 aliphatic heterocycles. The number of hydrogen-bond donors (Lipinski definition) is 0. The minimum Gasteiger partial charge on any atom is -0.484 e. The highest BCUT2D eigenvalue weighted by molar-refractivity contribution is 14.1. The first kappa shape index (κ1) is 15.0. The summed E-state index contributed by atoms with van der Waals surface area (Å²) < 4.78 is 6.58. The number of ketones is 1. The highest BCUT2D eigenvalue weighted by Crippen LogP contribution is 2.19. The highest BCUT2D eigenvalue weighted by Gasteiger charge is 2.08. The number of hydrogen-bond acceptors (Lipinski definition) is 2. The van der Waals surface area contributed by atoms with Crippen molar-refractivity contribution in [3.8, 4) is 5.75 Å². The summed E-state index contributed by atoms with van der Waals surface area (Å²) in [4.78, 5) is 12.1. The van der Waals surface area contributed by atoms with Gasteiger partial charge in [0.2, 0.25) is 0 Å². The molecule has 2 nitrogen and oxygen atoms in total. The van der Waals surface area contributed by atoms with Crippen LogP contribution in [0.2, 0.25) is 0 Å². The molecule has 0 spiro atoms. The lowest BCUT2D eigenvalue weighted by molar-refractivity contribution is 0.0921. The number of ether oxygens (including phenoxy) is 1. The lowest BCUT2D eigenvalue weighted by Gasteiger charge is -2.07. The fraction of sp³-hybridized carbons (Fsp3) is 0.235. The summed E-state index contributed by atoms with van der Waals surface area (Å²) in [5.74, 6) is 0.761. The number of carbonyl (C=O) groups excluding carboxylic acids is 1. The average Bonchev–Trinajstić information content (AvgIpc) is 2.47. The quantitative estimate of drug-likeness (QED) is 0.545. The van der Waals surface area contributed by atoms with E-state index < -0.39 is 0 Å². The Labute approximate surface area is 133 Å². The third-order valence-electron chi connectivity index (χ3n) is 3.01. The van der Waals surface area contributed by atoms with Crippen LogP contribution in [0.3, 0.4) is 0 Å². The van der Waals surface area contributed by atoms with E-state index in [4.69, 9.17) is 4.74 Å². The summed E-state index contributed by atoms with van der Waals surface area (Å²) >= 11 is 2.20. The van der Waals surface area contributed by atoms with Crippen LogP contribution in [-0.4, -0.2) is 12.4 Å². The molecular formula is C17H17IO2. The molecule has 2 aromatic rings. The van der Waals surface area contributed by atoms with E-state index in [1.54, 1.807) is 0 Å². The van der Waals surface area contributed by atoms with Gasteiger partial charge in [-0.05, 0) is 46.7 Å². The normalized spacial score (nSPS) is 10.3. The van der Waals surface area contributed by atoms with E-state index in [-0.39, 0.29) is 12.4 Å². The molecule has 2 aromatic carbocycles. The van der Waals surface area contributed by atoms with Crippen LogP contribution in [-0.2, 0) is 6.42 Å². The van der Waals surface area contributed by atoms with E-state index in [1.165, 1.54) is 5.56 Å². The van der Waals surface area contributed by atoms with Gasteiger partial charge in [0.25, 0.3) is 0 Å². The van der Waals surface area contributed by atoms with Crippen LogP contribution >= 0.6 is 22.6 Å². The smallest absolute Gasteiger partial charge is 0.200 e. The van der Waals surface area contributed by atoms with Crippen molar-refractivity contribution in [2.45, 2.75) is 19.8 Å². The van der Waals surface area contributed by atoms with Gasteiger partial charge in [-0.3, -0.25) is 4.79 Å². The second-order valence-corrected chi connectivity index (χ2v) is 5.75. The summed E-state index contributed by atoms with van der Waals surface area (Å²) in [6.07, 6.45) is 2.16. The van der Waals surface area contributed by atoms with Crippen molar-refractivity contribution in [1.29, 1.82) is 0 Å². The number of halogens is 1. The number of aryl methyl sites for hydroxylation is 1. The van der Waals surface area contributed by atoms with E-state index in [0.29, 0.717) is 5.56 Å². The van der Waals surface area contributed by atoms with E-state index in [1.807, 2.05) is 48.5 Å². The minimum atomic E-state index is 0.00713. The van der Waals surface area contributed by atoms with Crippen LogP contribution < -0.4 is 4.74 Å². The maximum atomic E-state index is 12.1. The van der Waals surface area contributed by atoms with E-state index in [2.05, 4.69) is 29.5 Å². The van der Waals surface area contributed by atoms with Crippen molar-refractivity contribution in [3.63, 3.8) is 0 Å². The molecular weight excluding hydrogens is 363 g/mol. The summed E-state index contributed by atoms with van der Waals surface area (Å²) in [5, 5.41) is 0. The summed E-state index contributed by atoms with van der Waals surface area (Å²) in [5.41, 5.74) is 1.97. The average molecular weight is 380 g/mol. The van der Waals surface area contributed by atoms with Crippen molar-refractivity contribution in [2.75, 3.05) is 6.61 Å². The van der Waals surface area contributed by atoms with Gasteiger partial charge in [0.15, 0.2) is 12.4 Å². The Hall–Kier alpha value is -1.36. The van der Waals surface area contributed by atoms with Crippen LogP contribution in [0.15, 0.2) is 48.5 Å². The van der Waals surface area contributed by atoms with Crippen LogP contribution in [0.1, 0.15) is 29.3 Å². The fourth-order valence-corrected chi connectivity index (χ4v) is 2.48. The first-order valence-corrected chi connectivity index (χ1v) is 7.78. The largest absolute Gasteiger partial charge is 0.484 e. The van der Waals surface area contributed by atoms with Crippen molar-refractivity contribution >= 4 is 28.4 Å². The predicted molar refractivity (Wildman–Crippen MR) is 89.4 cm³/mol. The van der Waals surface area contributed by atoms with E-state index in [9.17, 15) is 4.79 Å². The van der Waals surface area contributed by atoms with Gasteiger partial charge < -0.3 is 4.74 Å². The van der Waals surface area contributed by atoms with Gasteiger partial charge >= 0.3 is 0 Å². The van der Waals surface area contributed by atoms with Crippen molar-refractivity contribution in [1.82, 2.24) is 0 Å². The van der Waals surface area contributed by atoms with E-state index >= 15 is 0 Å². The van der Waals surface area contributed by atoms with Crippen molar-refractivity contribution in [2.24, 2.45) is 0 Å². The van der Waals surface area contributed by atoms with Gasteiger partial charge in [0.1, 0.15) is 5.75 Å². The maximum absolute atomic E-state index is 12.1. The minimum absolute atomic E-state index is 0.00713. The Morgan fingerprint density at radius 2 is 1.80 bits per heavy atom. The molecule has 0 heterocycles.